The third-order valence-corrected chi connectivity index (χ3v) is 5.99. The fraction of sp³-hybridized carbons (Fsp3) is 0.579. The molecule has 0 unspecified atom stereocenters. The minimum atomic E-state index is 0.565. The lowest BCUT2D eigenvalue weighted by Crippen LogP contribution is -2.47. The number of anilines is 1. The summed E-state index contributed by atoms with van der Waals surface area (Å²) >= 11 is 0. The van der Waals surface area contributed by atoms with Crippen molar-refractivity contribution >= 4 is 5.82 Å². The van der Waals surface area contributed by atoms with E-state index in [-0.39, 0.29) is 0 Å². The smallest absolute Gasteiger partial charge is 0.151 e. The summed E-state index contributed by atoms with van der Waals surface area (Å²) in [4.78, 5) is 13.3. The van der Waals surface area contributed by atoms with Crippen LogP contribution in [0.2, 0.25) is 0 Å². The molecule has 2 fully saturated rings. The second-order valence-electron chi connectivity index (χ2n) is 7.29. The van der Waals surface area contributed by atoms with Gasteiger partial charge in [0, 0.05) is 25.5 Å². The van der Waals surface area contributed by atoms with Crippen LogP contribution in [0.4, 0.5) is 5.82 Å². The lowest BCUT2D eigenvalue weighted by Gasteiger charge is -2.47. The molecule has 2 aromatic heterocycles. The second-order valence-corrected chi connectivity index (χ2v) is 7.29. The van der Waals surface area contributed by atoms with Crippen molar-refractivity contribution in [3.63, 3.8) is 0 Å². The number of aromatic nitrogens is 4. The first kappa shape index (κ1) is 16.4. The monoisotopic (exact) mass is 338 g/mol. The van der Waals surface area contributed by atoms with Crippen LogP contribution >= 0.6 is 0 Å². The van der Waals surface area contributed by atoms with Gasteiger partial charge in [-0.2, -0.15) is 0 Å². The molecule has 6 heteroatoms. The summed E-state index contributed by atoms with van der Waals surface area (Å²) in [6.07, 6.45) is 10.3. The van der Waals surface area contributed by atoms with E-state index in [4.69, 9.17) is 0 Å². The van der Waals surface area contributed by atoms with E-state index in [1.54, 1.807) is 18.6 Å². The molecule has 132 valence electrons. The predicted molar refractivity (Wildman–Crippen MR) is 98.3 cm³/mol. The molecule has 0 bridgehead atoms. The van der Waals surface area contributed by atoms with Gasteiger partial charge in [-0.15, -0.1) is 10.2 Å². The zero-order valence-electron chi connectivity index (χ0n) is 14.9. The average Bonchev–Trinajstić information content (AvgIpc) is 2.70. The SMILES string of the molecule is CCN1CCC2(CC1)CCN(c1ccc(-c3cnccn3)nn1)CC2. The zero-order chi connectivity index (χ0) is 17.1. The van der Waals surface area contributed by atoms with Crippen LogP contribution in [0.1, 0.15) is 32.6 Å². The lowest BCUT2D eigenvalue weighted by atomic mass is 9.71. The van der Waals surface area contributed by atoms with E-state index < -0.39 is 0 Å². The first-order valence-corrected chi connectivity index (χ1v) is 9.35. The largest absolute Gasteiger partial charge is 0.355 e. The molecule has 6 nitrogen and oxygen atoms in total. The number of hydrogen-bond acceptors (Lipinski definition) is 6. The fourth-order valence-corrected chi connectivity index (χ4v) is 4.12. The van der Waals surface area contributed by atoms with Crippen LogP contribution in [0.15, 0.2) is 30.7 Å². The maximum atomic E-state index is 4.44. The highest BCUT2D eigenvalue weighted by molar-refractivity contribution is 5.53. The standard InChI is InChI=1S/C19H26N6/c1-2-24-11-5-19(6-12-24)7-13-25(14-8-19)18-4-3-16(22-23-18)17-15-20-9-10-21-17/h3-4,9-10,15H,2,5-8,11-14H2,1H3. The van der Waals surface area contributed by atoms with Gasteiger partial charge in [-0.1, -0.05) is 6.92 Å². The Kier molecular flexibility index (Phi) is 4.61. The van der Waals surface area contributed by atoms with E-state index in [1.165, 1.54) is 45.3 Å². The molecule has 4 heterocycles. The van der Waals surface area contributed by atoms with E-state index in [0.717, 1.165) is 30.3 Å². The van der Waals surface area contributed by atoms with Gasteiger partial charge >= 0.3 is 0 Å². The van der Waals surface area contributed by atoms with Crippen molar-refractivity contribution in [3.05, 3.63) is 30.7 Å². The van der Waals surface area contributed by atoms with Crippen molar-refractivity contribution in [2.24, 2.45) is 5.41 Å². The van der Waals surface area contributed by atoms with Crippen molar-refractivity contribution in [1.29, 1.82) is 0 Å². The number of piperidine rings is 2. The van der Waals surface area contributed by atoms with Crippen LogP contribution in [0, 0.1) is 5.41 Å². The molecule has 0 atom stereocenters. The summed E-state index contributed by atoms with van der Waals surface area (Å²) in [5.41, 5.74) is 2.11. The maximum absolute atomic E-state index is 4.44. The number of likely N-dealkylation sites (tertiary alicyclic amines) is 1. The van der Waals surface area contributed by atoms with Crippen LogP contribution in [0.5, 0.6) is 0 Å². The Labute approximate surface area is 149 Å². The average molecular weight is 338 g/mol. The molecule has 2 aliphatic heterocycles. The van der Waals surface area contributed by atoms with Crippen molar-refractivity contribution in [2.45, 2.75) is 32.6 Å². The predicted octanol–water partition coefficient (Wildman–Crippen LogP) is 2.64. The molecule has 1 spiro atoms. The molecule has 0 aromatic carbocycles. The Morgan fingerprint density at radius 1 is 0.920 bits per heavy atom. The summed E-state index contributed by atoms with van der Waals surface area (Å²) in [5.74, 6) is 0.980. The van der Waals surface area contributed by atoms with Gasteiger partial charge in [-0.25, -0.2) is 0 Å². The minimum absolute atomic E-state index is 0.565. The van der Waals surface area contributed by atoms with E-state index in [0.29, 0.717) is 5.41 Å². The summed E-state index contributed by atoms with van der Waals surface area (Å²) in [6.45, 7) is 8.17. The van der Waals surface area contributed by atoms with Crippen molar-refractivity contribution in [2.75, 3.05) is 37.6 Å². The lowest BCUT2D eigenvalue weighted by molar-refractivity contribution is 0.0829. The highest BCUT2D eigenvalue weighted by atomic mass is 15.3. The van der Waals surface area contributed by atoms with Gasteiger partial charge in [0.15, 0.2) is 5.82 Å². The highest BCUT2D eigenvalue weighted by Crippen LogP contribution is 2.41. The Balaban J connectivity index is 1.38. The molecule has 0 aliphatic carbocycles. The molecule has 2 aliphatic rings. The van der Waals surface area contributed by atoms with Crippen molar-refractivity contribution < 1.29 is 0 Å². The summed E-state index contributed by atoms with van der Waals surface area (Å²) in [6, 6.07) is 4.06. The normalized spacial score (nSPS) is 20.8. The van der Waals surface area contributed by atoms with Crippen LogP contribution in [-0.2, 0) is 0 Å². The molecule has 0 radical (unpaired) electrons. The van der Waals surface area contributed by atoms with E-state index in [9.17, 15) is 0 Å². The first-order chi connectivity index (χ1) is 12.3. The molecule has 4 rings (SSSR count). The van der Waals surface area contributed by atoms with Gasteiger partial charge in [-0.3, -0.25) is 9.97 Å². The fourth-order valence-electron chi connectivity index (χ4n) is 4.12. The third kappa shape index (κ3) is 3.49. The van der Waals surface area contributed by atoms with Crippen molar-refractivity contribution in [3.8, 4) is 11.4 Å². The summed E-state index contributed by atoms with van der Waals surface area (Å²) in [5, 5.41) is 8.79. The quantitative estimate of drug-likeness (QED) is 0.857. The Bertz CT molecular complexity index is 669. The van der Waals surface area contributed by atoms with Gasteiger partial charge in [0.05, 0.1) is 6.20 Å². The van der Waals surface area contributed by atoms with Crippen LogP contribution in [0.3, 0.4) is 0 Å². The topological polar surface area (TPSA) is 58.0 Å². The van der Waals surface area contributed by atoms with Gasteiger partial charge in [0.25, 0.3) is 0 Å². The van der Waals surface area contributed by atoms with Gasteiger partial charge in [0.2, 0.25) is 0 Å². The van der Waals surface area contributed by atoms with E-state index in [2.05, 4.69) is 43.0 Å². The maximum Gasteiger partial charge on any atom is 0.151 e. The van der Waals surface area contributed by atoms with E-state index in [1.807, 2.05) is 6.07 Å². The summed E-state index contributed by atoms with van der Waals surface area (Å²) < 4.78 is 0. The van der Waals surface area contributed by atoms with E-state index >= 15 is 0 Å². The number of nitrogens with zero attached hydrogens (tertiary/aromatic N) is 6. The van der Waals surface area contributed by atoms with Gasteiger partial charge in [0.1, 0.15) is 11.4 Å². The Hall–Kier alpha value is -2.08. The molecular formula is C19H26N6. The second kappa shape index (κ2) is 7.04. The number of hydrogen-bond donors (Lipinski definition) is 0. The minimum Gasteiger partial charge on any atom is -0.355 e. The van der Waals surface area contributed by atoms with Gasteiger partial charge < -0.3 is 9.80 Å². The first-order valence-electron chi connectivity index (χ1n) is 9.35. The number of rotatable bonds is 3. The third-order valence-electron chi connectivity index (χ3n) is 5.99. The summed E-state index contributed by atoms with van der Waals surface area (Å²) in [7, 11) is 0. The Morgan fingerprint density at radius 3 is 2.28 bits per heavy atom. The molecule has 2 saturated heterocycles. The van der Waals surface area contributed by atoms with Crippen molar-refractivity contribution in [1.82, 2.24) is 25.1 Å². The van der Waals surface area contributed by atoms with Crippen LogP contribution in [0.25, 0.3) is 11.4 Å². The molecule has 0 saturated carbocycles. The highest BCUT2D eigenvalue weighted by Gasteiger charge is 2.37. The molecule has 0 amide bonds. The van der Waals surface area contributed by atoms with Crippen LogP contribution < -0.4 is 4.90 Å². The Morgan fingerprint density at radius 2 is 1.68 bits per heavy atom. The molecule has 25 heavy (non-hydrogen) atoms. The van der Waals surface area contributed by atoms with Gasteiger partial charge in [-0.05, 0) is 62.9 Å². The molecule has 0 N–H and O–H groups in total. The molecule has 2 aromatic rings. The zero-order valence-corrected chi connectivity index (χ0v) is 14.9. The molecular weight excluding hydrogens is 312 g/mol. The van der Waals surface area contributed by atoms with Crippen LogP contribution in [-0.4, -0.2) is 57.8 Å².